The summed E-state index contributed by atoms with van der Waals surface area (Å²) in [4.78, 5) is 2.31. The fraction of sp³-hybridized carbons (Fsp3) is 0.294. The molecule has 0 amide bonds. The normalized spacial score (nSPS) is 16.3. The van der Waals surface area contributed by atoms with Gasteiger partial charge in [-0.25, -0.2) is 0 Å². The largest absolute Gasteiger partial charge is 0.387 e. The number of rotatable bonds is 3. The van der Waals surface area contributed by atoms with E-state index in [0.29, 0.717) is 6.54 Å². The Kier molecular flexibility index (Phi) is 3.36. The van der Waals surface area contributed by atoms with Gasteiger partial charge in [0.05, 0.1) is 6.10 Å². The summed E-state index contributed by atoms with van der Waals surface area (Å²) in [6.07, 6.45) is -0.407. The van der Waals surface area contributed by atoms with Gasteiger partial charge in [-0.1, -0.05) is 48.5 Å². The Bertz CT molecular complexity index is 554. The zero-order valence-corrected chi connectivity index (χ0v) is 11.2. The van der Waals surface area contributed by atoms with Gasteiger partial charge in [0.2, 0.25) is 0 Å². The lowest BCUT2D eigenvalue weighted by atomic mass is 10.0. The van der Waals surface area contributed by atoms with Gasteiger partial charge >= 0.3 is 0 Å². The molecule has 0 saturated heterocycles. The van der Waals surface area contributed by atoms with E-state index in [1.165, 1.54) is 11.1 Å². The van der Waals surface area contributed by atoms with Crippen molar-refractivity contribution in [1.29, 1.82) is 0 Å². The fourth-order valence-electron chi connectivity index (χ4n) is 2.84. The molecule has 0 aromatic heterocycles. The molecule has 0 aliphatic carbocycles. The van der Waals surface area contributed by atoms with Crippen LogP contribution in [0.2, 0.25) is 0 Å². The number of aliphatic hydroxyl groups excluding tert-OH is 1. The van der Waals surface area contributed by atoms with Crippen molar-refractivity contribution in [2.24, 2.45) is 0 Å². The maximum absolute atomic E-state index is 10.4. The summed E-state index contributed by atoms with van der Waals surface area (Å²) in [6, 6.07) is 16.6. The van der Waals surface area contributed by atoms with Crippen LogP contribution in [0.15, 0.2) is 48.5 Å². The molecule has 19 heavy (non-hydrogen) atoms. The number of β-amino-alcohol motifs (C(OH)–C–C–N with tert-alkyl or cyclic N) is 1. The van der Waals surface area contributed by atoms with Gasteiger partial charge in [0.1, 0.15) is 0 Å². The summed E-state index contributed by atoms with van der Waals surface area (Å²) in [5.74, 6) is 0. The highest BCUT2D eigenvalue weighted by Crippen LogP contribution is 2.25. The smallest absolute Gasteiger partial charge is 0.0919 e. The highest BCUT2D eigenvalue weighted by molar-refractivity contribution is 5.31. The quantitative estimate of drug-likeness (QED) is 0.908. The van der Waals surface area contributed by atoms with Gasteiger partial charge in [-0.05, 0) is 29.2 Å². The van der Waals surface area contributed by atoms with Crippen molar-refractivity contribution >= 4 is 0 Å². The van der Waals surface area contributed by atoms with E-state index in [1.54, 1.807) is 0 Å². The predicted molar refractivity (Wildman–Crippen MR) is 76.7 cm³/mol. The topological polar surface area (TPSA) is 23.5 Å². The molecule has 2 nitrogen and oxygen atoms in total. The van der Waals surface area contributed by atoms with Crippen LogP contribution in [0.1, 0.15) is 28.4 Å². The van der Waals surface area contributed by atoms with Crippen molar-refractivity contribution in [3.8, 4) is 0 Å². The molecular weight excluding hydrogens is 234 g/mol. The third-order valence-electron chi connectivity index (χ3n) is 3.88. The van der Waals surface area contributed by atoms with Crippen LogP contribution in [0, 0.1) is 6.92 Å². The molecule has 0 saturated carbocycles. The van der Waals surface area contributed by atoms with Crippen molar-refractivity contribution in [2.45, 2.75) is 26.1 Å². The second kappa shape index (κ2) is 5.16. The number of hydrogen-bond donors (Lipinski definition) is 1. The van der Waals surface area contributed by atoms with Crippen LogP contribution < -0.4 is 0 Å². The molecule has 2 aromatic rings. The van der Waals surface area contributed by atoms with E-state index in [2.05, 4.69) is 42.2 Å². The summed E-state index contributed by atoms with van der Waals surface area (Å²) in [5, 5.41) is 10.4. The SMILES string of the molecule is Cc1ccccc1C(O)CN1Cc2ccccc2C1. The number of nitrogens with zero attached hydrogens (tertiary/aromatic N) is 1. The van der Waals surface area contributed by atoms with Gasteiger partial charge in [0.25, 0.3) is 0 Å². The van der Waals surface area contributed by atoms with Gasteiger partial charge in [-0.2, -0.15) is 0 Å². The van der Waals surface area contributed by atoms with Gasteiger partial charge in [-0.3, -0.25) is 4.90 Å². The lowest BCUT2D eigenvalue weighted by molar-refractivity contribution is 0.112. The summed E-state index contributed by atoms with van der Waals surface area (Å²) >= 11 is 0. The van der Waals surface area contributed by atoms with Crippen molar-refractivity contribution in [3.05, 3.63) is 70.8 Å². The number of aliphatic hydroxyl groups is 1. The van der Waals surface area contributed by atoms with Crippen LogP contribution in [0.3, 0.4) is 0 Å². The molecule has 0 radical (unpaired) electrons. The highest BCUT2D eigenvalue weighted by atomic mass is 16.3. The molecule has 1 atom stereocenters. The molecule has 98 valence electrons. The van der Waals surface area contributed by atoms with Crippen LogP contribution in [0.25, 0.3) is 0 Å². The van der Waals surface area contributed by atoms with Crippen molar-refractivity contribution in [1.82, 2.24) is 4.90 Å². The maximum atomic E-state index is 10.4. The monoisotopic (exact) mass is 253 g/mol. The van der Waals surface area contributed by atoms with Crippen LogP contribution >= 0.6 is 0 Å². The zero-order valence-electron chi connectivity index (χ0n) is 11.2. The Hall–Kier alpha value is -1.64. The maximum Gasteiger partial charge on any atom is 0.0919 e. The average molecular weight is 253 g/mol. The fourth-order valence-corrected chi connectivity index (χ4v) is 2.84. The summed E-state index contributed by atoms with van der Waals surface area (Å²) in [6.45, 7) is 4.63. The molecular formula is C17H19NO. The molecule has 0 spiro atoms. The van der Waals surface area contributed by atoms with Gasteiger partial charge in [0, 0.05) is 19.6 Å². The van der Waals surface area contributed by atoms with Crippen LogP contribution in [-0.4, -0.2) is 16.6 Å². The van der Waals surface area contributed by atoms with Gasteiger partial charge in [-0.15, -0.1) is 0 Å². The second-order valence-corrected chi connectivity index (χ2v) is 5.31. The number of hydrogen-bond acceptors (Lipinski definition) is 2. The summed E-state index contributed by atoms with van der Waals surface area (Å²) < 4.78 is 0. The van der Waals surface area contributed by atoms with Gasteiger partial charge in [0.15, 0.2) is 0 Å². The van der Waals surface area contributed by atoms with Crippen molar-refractivity contribution in [3.63, 3.8) is 0 Å². The first kappa shape index (κ1) is 12.4. The molecule has 1 aliphatic heterocycles. The van der Waals surface area contributed by atoms with Gasteiger partial charge < -0.3 is 5.11 Å². The van der Waals surface area contributed by atoms with E-state index < -0.39 is 6.10 Å². The Morgan fingerprint density at radius 1 is 1.00 bits per heavy atom. The summed E-state index contributed by atoms with van der Waals surface area (Å²) in [5.41, 5.74) is 4.98. The third kappa shape index (κ3) is 2.55. The Morgan fingerprint density at radius 2 is 1.58 bits per heavy atom. The van der Waals surface area contributed by atoms with E-state index in [4.69, 9.17) is 0 Å². The molecule has 1 unspecified atom stereocenters. The molecule has 1 N–H and O–H groups in total. The number of fused-ring (bicyclic) bond motifs is 1. The zero-order chi connectivity index (χ0) is 13.2. The van der Waals surface area contributed by atoms with Crippen LogP contribution in [0.4, 0.5) is 0 Å². The van der Waals surface area contributed by atoms with E-state index in [1.807, 2.05) is 18.2 Å². The van der Waals surface area contributed by atoms with E-state index >= 15 is 0 Å². The Balaban J connectivity index is 1.69. The standard InChI is InChI=1S/C17H19NO/c1-13-6-2-5-9-16(13)17(19)12-18-10-14-7-3-4-8-15(14)11-18/h2-9,17,19H,10-12H2,1H3. The number of aryl methyl sites for hydroxylation is 1. The van der Waals surface area contributed by atoms with Crippen LogP contribution in [-0.2, 0) is 13.1 Å². The highest BCUT2D eigenvalue weighted by Gasteiger charge is 2.21. The van der Waals surface area contributed by atoms with Crippen molar-refractivity contribution in [2.75, 3.05) is 6.54 Å². The summed E-state index contributed by atoms with van der Waals surface area (Å²) in [7, 11) is 0. The average Bonchev–Trinajstić information content (AvgIpc) is 2.81. The lowest BCUT2D eigenvalue weighted by Crippen LogP contribution is -2.23. The molecule has 0 fully saturated rings. The Morgan fingerprint density at radius 3 is 2.21 bits per heavy atom. The van der Waals surface area contributed by atoms with E-state index in [-0.39, 0.29) is 0 Å². The minimum atomic E-state index is -0.407. The first-order chi connectivity index (χ1) is 9.24. The molecule has 3 rings (SSSR count). The van der Waals surface area contributed by atoms with E-state index in [0.717, 1.165) is 24.2 Å². The molecule has 1 aliphatic rings. The van der Waals surface area contributed by atoms with Crippen LogP contribution in [0.5, 0.6) is 0 Å². The predicted octanol–water partition coefficient (Wildman–Crippen LogP) is 3.04. The molecule has 2 heteroatoms. The van der Waals surface area contributed by atoms with E-state index in [9.17, 15) is 5.11 Å². The minimum Gasteiger partial charge on any atom is -0.387 e. The minimum absolute atomic E-state index is 0.407. The first-order valence-electron chi connectivity index (χ1n) is 6.77. The van der Waals surface area contributed by atoms with Crippen molar-refractivity contribution < 1.29 is 5.11 Å². The second-order valence-electron chi connectivity index (χ2n) is 5.31. The number of benzene rings is 2. The Labute approximate surface area is 114 Å². The lowest BCUT2D eigenvalue weighted by Gasteiger charge is -2.20. The molecule has 2 aromatic carbocycles. The first-order valence-corrected chi connectivity index (χ1v) is 6.77. The molecule has 0 bridgehead atoms. The third-order valence-corrected chi connectivity index (χ3v) is 3.88. The molecule has 1 heterocycles.